The Bertz CT molecular complexity index is 579. The number of nitrogens with zero attached hydrogens (tertiary/aromatic N) is 2. The predicted molar refractivity (Wildman–Crippen MR) is 87.2 cm³/mol. The number of piperidine rings is 1. The maximum Gasteiger partial charge on any atom is 0.285 e. The molecule has 122 valence electrons. The van der Waals surface area contributed by atoms with E-state index in [0.717, 1.165) is 12.8 Å². The van der Waals surface area contributed by atoms with Gasteiger partial charge in [-0.2, -0.15) is 5.10 Å². The zero-order chi connectivity index (χ0) is 16.3. The molecule has 2 heterocycles. The molecular formula is C15H23ClN4O2. The predicted octanol–water partition coefficient (Wildman–Crippen LogP) is 1.80. The van der Waals surface area contributed by atoms with Crippen LogP contribution in [-0.4, -0.2) is 35.2 Å². The van der Waals surface area contributed by atoms with Gasteiger partial charge in [0, 0.05) is 25.0 Å². The van der Waals surface area contributed by atoms with E-state index in [2.05, 4.69) is 29.4 Å². The fourth-order valence-corrected chi connectivity index (χ4v) is 2.70. The first-order chi connectivity index (χ1) is 10.4. The third-order valence-corrected chi connectivity index (χ3v) is 4.72. The van der Waals surface area contributed by atoms with E-state index in [1.54, 1.807) is 6.20 Å². The van der Waals surface area contributed by atoms with Crippen LogP contribution in [-0.2, 0) is 4.79 Å². The number of halogens is 1. The van der Waals surface area contributed by atoms with Crippen molar-refractivity contribution in [2.45, 2.75) is 39.7 Å². The largest absolute Gasteiger partial charge is 0.369 e. The highest BCUT2D eigenvalue weighted by Gasteiger charge is 2.27. The highest BCUT2D eigenvalue weighted by molar-refractivity contribution is 6.33. The number of rotatable bonds is 4. The number of aromatic amines is 1. The van der Waals surface area contributed by atoms with E-state index in [1.807, 2.05) is 11.8 Å². The second-order valence-corrected chi connectivity index (χ2v) is 6.58. The second kappa shape index (κ2) is 7.13. The highest BCUT2D eigenvalue weighted by Crippen LogP contribution is 2.26. The van der Waals surface area contributed by atoms with Gasteiger partial charge >= 0.3 is 0 Å². The molecule has 0 radical (unpaired) electrons. The molecule has 1 aliphatic rings. The van der Waals surface area contributed by atoms with E-state index in [1.165, 1.54) is 0 Å². The average Bonchev–Trinajstić information content (AvgIpc) is 2.50. The molecule has 22 heavy (non-hydrogen) atoms. The molecule has 1 saturated heterocycles. The van der Waals surface area contributed by atoms with Crippen LogP contribution in [0, 0.1) is 11.8 Å². The van der Waals surface area contributed by atoms with E-state index in [9.17, 15) is 9.59 Å². The van der Waals surface area contributed by atoms with Crippen molar-refractivity contribution in [3.63, 3.8) is 0 Å². The summed E-state index contributed by atoms with van der Waals surface area (Å²) in [5, 5.41) is 9.33. The Hall–Kier alpha value is -1.56. The fourth-order valence-electron chi connectivity index (χ4n) is 2.49. The van der Waals surface area contributed by atoms with Crippen LogP contribution in [0.1, 0.15) is 33.6 Å². The topological polar surface area (TPSA) is 78.1 Å². The summed E-state index contributed by atoms with van der Waals surface area (Å²) >= 11 is 6.02. The maximum atomic E-state index is 12.3. The van der Waals surface area contributed by atoms with E-state index < -0.39 is 0 Å². The van der Waals surface area contributed by atoms with Crippen molar-refractivity contribution in [2.24, 2.45) is 11.8 Å². The molecule has 0 unspecified atom stereocenters. The number of carbonyl (C=O) groups excluding carboxylic acids is 1. The van der Waals surface area contributed by atoms with Crippen LogP contribution < -0.4 is 15.8 Å². The summed E-state index contributed by atoms with van der Waals surface area (Å²) in [4.78, 5) is 25.8. The number of carbonyl (C=O) groups is 1. The first-order valence-corrected chi connectivity index (χ1v) is 8.06. The summed E-state index contributed by atoms with van der Waals surface area (Å²) < 4.78 is 0. The van der Waals surface area contributed by atoms with Crippen LogP contribution in [0.5, 0.6) is 0 Å². The van der Waals surface area contributed by atoms with Gasteiger partial charge in [-0.3, -0.25) is 9.59 Å². The van der Waals surface area contributed by atoms with Crippen LogP contribution in [0.2, 0.25) is 5.02 Å². The van der Waals surface area contributed by atoms with Crippen molar-refractivity contribution in [1.29, 1.82) is 0 Å². The van der Waals surface area contributed by atoms with Gasteiger partial charge in [0.25, 0.3) is 5.56 Å². The number of hydrogen-bond acceptors (Lipinski definition) is 4. The molecular weight excluding hydrogens is 304 g/mol. The number of anilines is 1. The smallest absolute Gasteiger partial charge is 0.285 e. The summed E-state index contributed by atoms with van der Waals surface area (Å²) in [7, 11) is 0. The van der Waals surface area contributed by atoms with Gasteiger partial charge in [-0.05, 0) is 25.7 Å². The number of aromatic nitrogens is 2. The Morgan fingerprint density at radius 3 is 2.64 bits per heavy atom. The van der Waals surface area contributed by atoms with Gasteiger partial charge in [0.1, 0.15) is 5.02 Å². The molecule has 2 N–H and O–H groups in total. The number of nitrogens with one attached hydrogen (secondary N) is 2. The highest BCUT2D eigenvalue weighted by atomic mass is 35.5. The van der Waals surface area contributed by atoms with Crippen molar-refractivity contribution in [3.8, 4) is 0 Å². The molecule has 1 atom stereocenters. The third kappa shape index (κ3) is 3.80. The van der Waals surface area contributed by atoms with Gasteiger partial charge in [0.05, 0.1) is 11.9 Å². The summed E-state index contributed by atoms with van der Waals surface area (Å²) in [5.41, 5.74) is 0.254. The monoisotopic (exact) mass is 326 g/mol. The molecule has 6 nitrogen and oxygen atoms in total. The normalized spacial score (nSPS) is 17.6. The average molecular weight is 327 g/mol. The number of hydrogen-bond donors (Lipinski definition) is 2. The minimum atomic E-state index is -0.384. The maximum absolute atomic E-state index is 12.3. The summed E-state index contributed by atoms with van der Waals surface area (Å²) in [6, 6.07) is 0.178. The lowest BCUT2D eigenvalue weighted by molar-refractivity contribution is -0.126. The first kappa shape index (κ1) is 16.8. The number of amides is 1. The Labute approximate surface area is 135 Å². The summed E-state index contributed by atoms with van der Waals surface area (Å²) in [6.45, 7) is 7.60. The van der Waals surface area contributed by atoms with Crippen molar-refractivity contribution < 1.29 is 4.79 Å². The van der Waals surface area contributed by atoms with Gasteiger partial charge in [0.2, 0.25) is 5.91 Å². The van der Waals surface area contributed by atoms with Crippen LogP contribution in [0.3, 0.4) is 0 Å². The van der Waals surface area contributed by atoms with E-state index in [4.69, 9.17) is 11.6 Å². The molecule has 1 aliphatic heterocycles. The lowest BCUT2D eigenvalue weighted by atomic mass is 9.94. The van der Waals surface area contributed by atoms with E-state index >= 15 is 0 Å². The zero-order valence-electron chi connectivity index (χ0n) is 13.2. The van der Waals surface area contributed by atoms with Crippen LogP contribution in [0.15, 0.2) is 11.0 Å². The van der Waals surface area contributed by atoms with Crippen LogP contribution in [0.4, 0.5) is 5.69 Å². The second-order valence-electron chi connectivity index (χ2n) is 6.20. The van der Waals surface area contributed by atoms with Crippen molar-refractivity contribution in [3.05, 3.63) is 21.6 Å². The minimum absolute atomic E-state index is 0.0196. The Balaban J connectivity index is 1.94. The molecule has 1 aromatic rings. The molecule has 2 rings (SSSR count). The molecule has 0 spiro atoms. The Morgan fingerprint density at radius 2 is 2.05 bits per heavy atom. The molecule has 1 fully saturated rings. The quantitative estimate of drug-likeness (QED) is 0.884. The molecule has 0 aromatic carbocycles. The van der Waals surface area contributed by atoms with Crippen molar-refractivity contribution >= 4 is 23.2 Å². The SMILES string of the molecule is CC(C)[C@H](C)NC(=O)C1CCN(c2cn[nH]c(=O)c2Cl)CC1. The summed E-state index contributed by atoms with van der Waals surface area (Å²) in [6.07, 6.45) is 3.06. The molecule has 0 saturated carbocycles. The lowest BCUT2D eigenvalue weighted by Crippen LogP contribution is -2.44. The third-order valence-electron chi connectivity index (χ3n) is 4.35. The zero-order valence-corrected chi connectivity index (χ0v) is 14.0. The Morgan fingerprint density at radius 1 is 1.41 bits per heavy atom. The minimum Gasteiger partial charge on any atom is -0.369 e. The molecule has 7 heteroatoms. The molecule has 0 aliphatic carbocycles. The first-order valence-electron chi connectivity index (χ1n) is 7.68. The molecule has 0 bridgehead atoms. The van der Waals surface area contributed by atoms with Crippen molar-refractivity contribution in [2.75, 3.05) is 18.0 Å². The van der Waals surface area contributed by atoms with Gasteiger partial charge in [-0.15, -0.1) is 0 Å². The molecule has 1 aromatic heterocycles. The van der Waals surface area contributed by atoms with Gasteiger partial charge < -0.3 is 10.2 Å². The molecule has 1 amide bonds. The fraction of sp³-hybridized carbons (Fsp3) is 0.667. The standard InChI is InChI=1S/C15H23ClN4O2/c1-9(2)10(3)18-14(21)11-4-6-20(7-5-11)12-8-17-19-15(22)13(12)16/h8-11H,4-7H2,1-3H3,(H,18,21)(H,19,22)/t10-/m0/s1. The van der Waals surface area contributed by atoms with E-state index in [0.29, 0.717) is 24.7 Å². The van der Waals surface area contributed by atoms with Gasteiger partial charge in [-0.1, -0.05) is 25.4 Å². The van der Waals surface area contributed by atoms with E-state index in [-0.39, 0.29) is 28.4 Å². The number of H-pyrrole nitrogens is 1. The lowest BCUT2D eigenvalue weighted by Gasteiger charge is -2.33. The van der Waals surface area contributed by atoms with Gasteiger partial charge in [-0.25, -0.2) is 5.10 Å². The Kier molecular flexibility index (Phi) is 5.45. The van der Waals surface area contributed by atoms with Gasteiger partial charge in [0.15, 0.2) is 0 Å². The van der Waals surface area contributed by atoms with Crippen LogP contribution >= 0.6 is 11.6 Å². The van der Waals surface area contributed by atoms with Crippen molar-refractivity contribution in [1.82, 2.24) is 15.5 Å². The summed E-state index contributed by atoms with van der Waals surface area (Å²) in [5.74, 6) is 0.562. The van der Waals surface area contributed by atoms with Crippen LogP contribution in [0.25, 0.3) is 0 Å².